The van der Waals surface area contributed by atoms with Gasteiger partial charge in [0.25, 0.3) is 0 Å². The van der Waals surface area contributed by atoms with Crippen molar-refractivity contribution < 1.29 is 9.53 Å². The van der Waals surface area contributed by atoms with E-state index in [2.05, 4.69) is 48.6 Å². The minimum Gasteiger partial charge on any atom is -0.492 e. The van der Waals surface area contributed by atoms with E-state index in [-0.39, 0.29) is 23.2 Å². The zero-order valence-electron chi connectivity index (χ0n) is 16.7. The third-order valence-corrected chi connectivity index (χ3v) is 5.07. The lowest BCUT2D eigenvalue weighted by Gasteiger charge is -2.20. The van der Waals surface area contributed by atoms with E-state index in [0.29, 0.717) is 19.7 Å². The van der Waals surface area contributed by atoms with Gasteiger partial charge in [0.15, 0.2) is 0 Å². The molecule has 2 aromatic rings. The lowest BCUT2D eigenvalue weighted by atomic mass is 9.87. The maximum absolute atomic E-state index is 12.6. The van der Waals surface area contributed by atoms with E-state index >= 15 is 0 Å². The normalized spacial score (nSPS) is 19.9. The Kier molecular flexibility index (Phi) is 5.85. The molecule has 2 atom stereocenters. The number of hydrogen-bond donors (Lipinski definition) is 2. The van der Waals surface area contributed by atoms with Gasteiger partial charge in [-0.2, -0.15) is 5.10 Å². The van der Waals surface area contributed by atoms with E-state index in [1.807, 2.05) is 31.6 Å². The van der Waals surface area contributed by atoms with Crippen LogP contribution in [0.3, 0.4) is 0 Å². The fourth-order valence-electron chi connectivity index (χ4n) is 3.46. The van der Waals surface area contributed by atoms with Gasteiger partial charge in [0, 0.05) is 32.3 Å². The molecule has 0 aliphatic carbocycles. The second kappa shape index (κ2) is 8.13. The number of nitrogens with one attached hydrogen (secondary N) is 2. The Morgan fingerprint density at radius 1 is 1.37 bits per heavy atom. The quantitative estimate of drug-likeness (QED) is 0.765. The number of aromatic nitrogens is 2. The summed E-state index contributed by atoms with van der Waals surface area (Å²) in [6.07, 6.45) is 3.84. The summed E-state index contributed by atoms with van der Waals surface area (Å²) in [6, 6.07) is 8.15. The number of rotatable bonds is 6. The molecule has 1 fully saturated rings. The number of ether oxygens (including phenoxy) is 1. The highest BCUT2D eigenvalue weighted by atomic mass is 16.5. The number of nitrogens with zero attached hydrogens (tertiary/aromatic N) is 2. The van der Waals surface area contributed by atoms with Gasteiger partial charge >= 0.3 is 0 Å². The Morgan fingerprint density at radius 3 is 2.89 bits per heavy atom. The standard InChI is InChI=1S/C21H30N4O2/c1-21(2,3)16-6-5-7-17(10-16)27-9-8-23-20(26)19-13-22-12-18(19)15-11-24-25(4)14-15/h5-7,10-11,14,18-19,22H,8-9,12-13H2,1-4H3,(H,23,26)/t18-,19+/m1/s1. The highest BCUT2D eigenvalue weighted by Crippen LogP contribution is 2.28. The molecule has 0 unspecified atom stereocenters. The van der Waals surface area contributed by atoms with Gasteiger partial charge in [-0.25, -0.2) is 0 Å². The molecule has 3 rings (SSSR count). The summed E-state index contributed by atoms with van der Waals surface area (Å²) < 4.78 is 7.61. The molecular formula is C21H30N4O2. The maximum Gasteiger partial charge on any atom is 0.225 e. The van der Waals surface area contributed by atoms with Crippen molar-refractivity contribution in [2.45, 2.75) is 32.1 Å². The van der Waals surface area contributed by atoms with Crippen LogP contribution in [0.5, 0.6) is 5.75 Å². The first-order valence-corrected chi connectivity index (χ1v) is 9.55. The number of benzene rings is 1. The first-order valence-electron chi connectivity index (χ1n) is 9.55. The zero-order chi connectivity index (χ0) is 19.4. The van der Waals surface area contributed by atoms with Crippen molar-refractivity contribution in [3.63, 3.8) is 0 Å². The minimum absolute atomic E-state index is 0.0703. The number of amides is 1. The molecule has 6 nitrogen and oxygen atoms in total. The van der Waals surface area contributed by atoms with E-state index in [4.69, 9.17) is 4.74 Å². The number of carbonyl (C=O) groups is 1. The van der Waals surface area contributed by atoms with E-state index in [0.717, 1.165) is 17.9 Å². The number of hydrogen-bond acceptors (Lipinski definition) is 4. The first-order chi connectivity index (χ1) is 12.8. The summed E-state index contributed by atoms with van der Waals surface area (Å²) in [5.74, 6) is 1.01. The molecule has 1 aromatic carbocycles. The largest absolute Gasteiger partial charge is 0.492 e. The van der Waals surface area contributed by atoms with Crippen molar-refractivity contribution in [1.82, 2.24) is 20.4 Å². The molecule has 0 bridgehead atoms. The molecule has 2 heterocycles. The maximum atomic E-state index is 12.6. The highest BCUT2D eigenvalue weighted by Gasteiger charge is 2.34. The van der Waals surface area contributed by atoms with Crippen LogP contribution in [-0.4, -0.2) is 41.9 Å². The predicted octanol–water partition coefficient (Wildman–Crippen LogP) is 2.22. The van der Waals surface area contributed by atoms with Gasteiger partial charge in [-0.15, -0.1) is 0 Å². The zero-order valence-corrected chi connectivity index (χ0v) is 16.7. The van der Waals surface area contributed by atoms with Crippen molar-refractivity contribution >= 4 is 5.91 Å². The Morgan fingerprint density at radius 2 is 2.19 bits per heavy atom. The van der Waals surface area contributed by atoms with Gasteiger partial charge < -0.3 is 15.4 Å². The molecule has 1 aromatic heterocycles. The average molecular weight is 370 g/mol. The molecule has 146 valence electrons. The van der Waals surface area contributed by atoms with Crippen LogP contribution in [0.2, 0.25) is 0 Å². The molecule has 1 amide bonds. The van der Waals surface area contributed by atoms with Crippen LogP contribution in [0.4, 0.5) is 0 Å². The highest BCUT2D eigenvalue weighted by molar-refractivity contribution is 5.80. The summed E-state index contributed by atoms with van der Waals surface area (Å²) in [7, 11) is 1.90. The second-order valence-electron chi connectivity index (χ2n) is 8.24. The molecule has 2 N–H and O–H groups in total. The van der Waals surface area contributed by atoms with Crippen molar-refractivity contribution in [3.05, 3.63) is 47.8 Å². The van der Waals surface area contributed by atoms with Gasteiger partial charge in [0.2, 0.25) is 5.91 Å². The lowest BCUT2D eigenvalue weighted by Crippen LogP contribution is -2.36. The molecular weight excluding hydrogens is 340 g/mol. The topological polar surface area (TPSA) is 68.2 Å². The van der Waals surface area contributed by atoms with Gasteiger partial charge in [-0.05, 0) is 28.7 Å². The van der Waals surface area contributed by atoms with Crippen LogP contribution in [0.25, 0.3) is 0 Å². The summed E-state index contributed by atoms with van der Waals surface area (Å²) in [5, 5.41) is 10.6. The SMILES string of the molecule is Cn1cc([C@H]2CNC[C@@H]2C(=O)NCCOc2cccc(C(C)(C)C)c2)cn1. The molecule has 1 aliphatic heterocycles. The van der Waals surface area contributed by atoms with Crippen molar-refractivity contribution in [2.24, 2.45) is 13.0 Å². The van der Waals surface area contributed by atoms with Crippen molar-refractivity contribution in [3.8, 4) is 5.75 Å². The molecule has 0 spiro atoms. The Balaban J connectivity index is 1.48. The van der Waals surface area contributed by atoms with E-state index in [1.165, 1.54) is 5.56 Å². The van der Waals surface area contributed by atoms with Crippen molar-refractivity contribution in [2.75, 3.05) is 26.2 Å². The molecule has 1 aliphatic rings. The predicted molar refractivity (Wildman–Crippen MR) is 106 cm³/mol. The number of aryl methyl sites for hydroxylation is 1. The van der Waals surface area contributed by atoms with Crippen LogP contribution < -0.4 is 15.4 Å². The summed E-state index contributed by atoms with van der Waals surface area (Å²) >= 11 is 0. The Labute approximate surface area is 161 Å². The van der Waals surface area contributed by atoms with Crippen LogP contribution in [0.1, 0.15) is 37.8 Å². The monoisotopic (exact) mass is 370 g/mol. The second-order valence-corrected chi connectivity index (χ2v) is 8.24. The molecule has 1 saturated heterocycles. The third-order valence-electron chi connectivity index (χ3n) is 5.07. The van der Waals surface area contributed by atoms with Gasteiger partial charge in [0.05, 0.1) is 18.7 Å². The minimum atomic E-state index is -0.0709. The van der Waals surface area contributed by atoms with Gasteiger partial charge in [-0.3, -0.25) is 9.48 Å². The van der Waals surface area contributed by atoms with Crippen LogP contribution >= 0.6 is 0 Å². The summed E-state index contributed by atoms with van der Waals surface area (Å²) in [5.41, 5.74) is 2.43. The first kappa shape index (κ1) is 19.4. The molecule has 0 radical (unpaired) electrons. The van der Waals surface area contributed by atoms with Crippen LogP contribution in [0.15, 0.2) is 36.7 Å². The van der Waals surface area contributed by atoms with Crippen LogP contribution in [0, 0.1) is 5.92 Å². The van der Waals surface area contributed by atoms with Gasteiger partial charge in [0.1, 0.15) is 12.4 Å². The third kappa shape index (κ3) is 4.89. The number of carbonyl (C=O) groups excluding carboxylic acids is 1. The molecule has 6 heteroatoms. The van der Waals surface area contributed by atoms with Crippen molar-refractivity contribution in [1.29, 1.82) is 0 Å². The van der Waals surface area contributed by atoms with Crippen LogP contribution in [-0.2, 0) is 17.3 Å². The summed E-state index contributed by atoms with van der Waals surface area (Å²) in [6.45, 7) is 8.99. The Hall–Kier alpha value is -2.34. The Bertz CT molecular complexity index is 778. The fourth-order valence-corrected chi connectivity index (χ4v) is 3.46. The van der Waals surface area contributed by atoms with E-state index in [9.17, 15) is 4.79 Å². The van der Waals surface area contributed by atoms with E-state index in [1.54, 1.807) is 4.68 Å². The smallest absolute Gasteiger partial charge is 0.225 e. The molecule has 27 heavy (non-hydrogen) atoms. The fraction of sp³-hybridized carbons (Fsp3) is 0.524. The molecule has 0 saturated carbocycles. The van der Waals surface area contributed by atoms with E-state index < -0.39 is 0 Å². The summed E-state index contributed by atoms with van der Waals surface area (Å²) in [4.78, 5) is 12.6. The lowest BCUT2D eigenvalue weighted by molar-refractivity contribution is -0.124. The average Bonchev–Trinajstić information content (AvgIpc) is 3.26. The van der Waals surface area contributed by atoms with Gasteiger partial charge in [-0.1, -0.05) is 32.9 Å².